The number of nitrogens with zero attached hydrogens (tertiary/aromatic N) is 2. The van der Waals surface area contributed by atoms with E-state index in [2.05, 4.69) is 4.99 Å². The number of carbonyl (C=O) groups excluding carboxylic acids is 1. The van der Waals surface area contributed by atoms with Crippen LogP contribution in [0.1, 0.15) is 10.6 Å². The Hall–Kier alpha value is -1.58. The molecule has 0 aromatic carbocycles. The van der Waals surface area contributed by atoms with Crippen molar-refractivity contribution < 1.29 is 9.21 Å². The quantitative estimate of drug-likeness (QED) is 0.486. The number of hydrogen-bond donors (Lipinski definition) is 0. The second kappa shape index (κ2) is 3.71. The molecule has 0 aliphatic heterocycles. The maximum Gasteiger partial charge on any atom is 0.314 e. The first-order valence-corrected chi connectivity index (χ1v) is 3.48. The van der Waals surface area contributed by atoms with Crippen LogP contribution in [0.5, 0.6) is 0 Å². The molecule has 0 bridgehead atoms. The van der Waals surface area contributed by atoms with Gasteiger partial charge in [-0.1, -0.05) is 0 Å². The SMILES string of the molecule is CN(C)C=NC(=O)c1ccco1. The molecule has 1 heterocycles. The normalized spacial score (nSPS) is 10.5. The highest BCUT2D eigenvalue weighted by atomic mass is 16.3. The van der Waals surface area contributed by atoms with Gasteiger partial charge in [-0.15, -0.1) is 0 Å². The van der Waals surface area contributed by atoms with Crippen LogP contribution in [0.3, 0.4) is 0 Å². The average molecular weight is 166 g/mol. The van der Waals surface area contributed by atoms with Gasteiger partial charge in [0.1, 0.15) is 0 Å². The summed E-state index contributed by atoms with van der Waals surface area (Å²) >= 11 is 0. The molecule has 0 N–H and O–H groups in total. The minimum atomic E-state index is -0.367. The Bertz CT molecular complexity index is 275. The molecule has 4 heteroatoms. The van der Waals surface area contributed by atoms with Gasteiger partial charge in [0.25, 0.3) is 0 Å². The number of rotatable bonds is 2. The van der Waals surface area contributed by atoms with E-state index in [9.17, 15) is 4.79 Å². The first-order chi connectivity index (χ1) is 5.70. The van der Waals surface area contributed by atoms with Crippen LogP contribution in [0.25, 0.3) is 0 Å². The standard InChI is InChI=1S/C8H10N2O2/c1-10(2)6-9-8(11)7-4-3-5-12-7/h3-6H,1-2H3. The van der Waals surface area contributed by atoms with E-state index in [0.717, 1.165) is 0 Å². The molecule has 1 aromatic rings. The van der Waals surface area contributed by atoms with Gasteiger partial charge in [-0.05, 0) is 12.1 Å². The van der Waals surface area contributed by atoms with E-state index in [1.165, 1.54) is 12.6 Å². The van der Waals surface area contributed by atoms with Crippen LogP contribution in [0.4, 0.5) is 0 Å². The Morgan fingerprint density at radius 2 is 2.42 bits per heavy atom. The van der Waals surface area contributed by atoms with Crippen molar-refractivity contribution in [3.05, 3.63) is 24.2 Å². The van der Waals surface area contributed by atoms with E-state index in [-0.39, 0.29) is 11.7 Å². The fraction of sp³-hybridized carbons (Fsp3) is 0.250. The summed E-state index contributed by atoms with van der Waals surface area (Å²) in [5.74, 6) is -0.109. The molecule has 0 saturated carbocycles. The third kappa shape index (κ3) is 2.23. The van der Waals surface area contributed by atoms with Gasteiger partial charge >= 0.3 is 5.91 Å². The Kier molecular flexibility index (Phi) is 2.63. The van der Waals surface area contributed by atoms with Crippen molar-refractivity contribution in [1.29, 1.82) is 0 Å². The van der Waals surface area contributed by atoms with E-state index in [0.29, 0.717) is 0 Å². The van der Waals surface area contributed by atoms with Gasteiger partial charge in [-0.2, -0.15) is 4.99 Å². The summed E-state index contributed by atoms with van der Waals surface area (Å²) in [7, 11) is 3.58. The first kappa shape index (κ1) is 8.52. The van der Waals surface area contributed by atoms with Gasteiger partial charge in [0.15, 0.2) is 5.76 Å². The van der Waals surface area contributed by atoms with Gasteiger partial charge in [0.05, 0.1) is 12.6 Å². The summed E-state index contributed by atoms with van der Waals surface area (Å²) in [6.45, 7) is 0. The summed E-state index contributed by atoms with van der Waals surface area (Å²) in [5, 5.41) is 0. The molecule has 1 aromatic heterocycles. The topological polar surface area (TPSA) is 45.8 Å². The van der Waals surface area contributed by atoms with Crippen LogP contribution >= 0.6 is 0 Å². The van der Waals surface area contributed by atoms with Gasteiger partial charge in [0.2, 0.25) is 0 Å². The van der Waals surface area contributed by atoms with E-state index in [1.807, 2.05) is 0 Å². The summed E-state index contributed by atoms with van der Waals surface area (Å²) in [6.07, 6.45) is 2.88. The molecule has 0 spiro atoms. The third-order valence-electron chi connectivity index (χ3n) is 1.14. The predicted molar refractivity (Wildman–Crippen MR) is 45.2 cm³/mol. The average Bonchev–Trinajstić information content (AvgIpc) is 2.51. The molecule has 0 fully saturated rings. The van der Waals surface area contributed by atoms with Crippen LogP contribution in [0.15, 0.2) is 27.8 Å². The monoisotopic (exact) mass is 166 g/mol. The van der Waals surface area contributed by atoms with E-state index >= 15 is 0 Å². The van der Waals surface area contributed by atoms with Crippen molar-refractivity contribution in [3.63, 3.8) is 0 Å². The lowest BCUT2D eigenvalue weighted by Crippen LogP contribution is -2.09. The van der Waals surface area contributed by atoms with E-state index < -0.39 is 0 Å². The zero-order valence-corrected chi connectivity index (χ0v) is 7.02. The van der Waals surface area contributed by atoms with Crippen molar-refractivity contribution in [1.82, 2.24) is 4.90 Å². The third-order valence-corrected chi connectivity index (χ3v) is 1.14. The highest BCUT2D eigenvalue weighted by Crippen LogP contribution is 2.00. The number of carbonyl (C=O) groups is 1. The second-order valence-electron chi connectivity index (χ2n) is 2.49. The first-order valence-electron chi connectivity index (χ1n) is 3.48. The lowest BCUT2D eigenvalue weighted by Gasteiger charge is -2.00. The van der Waals surface area contributed by atoms with Crippen LogP contribution in [-0.4, -0.2) is 31.2 Å². The molecule has 0 unspecified atom stereocenters. The van der Waals surface area contributed by atoms with Crippen LogP contribution < -0.4 is 0 Å². The van der Waals surface area contributed by atoms with Gasteiger partial charge in [-0.3, -0.25) is 4.79 Å². The molecule has 0 aliphatic carbocycles. The molecule has 0 saturated heterocycles. The number of aliphatic imine (C=N–C) groups is 1. The Labute approximate surface area is 70.5 Å². The summed E-state index contributed by atoms with van der Waals surface area (Å²) in [6, 6.07) is 3.23. The summed E-state index contributed by atoms with van der Waals surface area (Å²) in [4.78, 5) is 16.4. The van der Waals surface area contributed by atoms with Crippen molar-refractivity contribution in [2.45, 2.75) is 0 Å². The fourth-order valence-corrected chi connectivity index (χ4v) is 0.632. The van der Waals surface area contributed by atoms with Gasteiger partial charge in [0, 0.05) is 14.1 Å². The van der Waals surface area contributed by atoms with Crippen LogP contribution in [-0.2, 0) is 0 Å². The molecule has 1 rings (SSSR count). The highest BCUT2D eigenvalue weighted by molar-refractivity contribution is 5.96. The van der Waals surface area contributed by atoms with Gasteiger partial charge in [-0.25, -0.2) is 0 Å². The Morgan fingerprint density at radius 1 is 1.67 bits per heavy atom. The zero-order chi connectivity index (χ0) is 8.97. The zero-order valence-electron chi connectivity index (χ0n) is 7.02. The molecular weight excluding hydrogens is 156 g/mol. The minimum absolute atomic E-state index is 0.258. The summed E-state index contributed by atoms with van der Waals surface area (Å²) in [5.41, 5.74) is 0. The highest BCUT2D eigenvalue weighted by Gasteiger charge is 2.04. The lowest BCUT2D eigenvalue weighted by atomic mass is 10.4. The van der Waals surface area contributed by atoms with Crippen LogP contribution in [0, 0.1) is 0 Å². The minimum Gasteiger partial charge on any atom is -0.459 e. The Morgan fingerprint density at radius 3 is 2.92 bits per heavy atom. The molecule has 12 heavy (non-hydrogen) atoms. The number of amides is 1. The van der Waals surface area contributed by atoms with Crippen molar-refractivity contribution >= 4 is 12.2 Å². The molecule has 0 aliphatic rings. The molecule has 0 atom stereocenters. The lowest BCUT2D eigenvalue weighted by molar-refractivity contribution is 0.0976. The maximum absolute atomic E-state index is 11.1. The molecule has 4 nitrogen and oxygen atoms in total. The van der Waals surface area contributed by atoms with E-state index in [4.69, 9.17) is 4.42 Å². The van der Waals surface area contributed by atoms with Crippen molar-refractivity contribution in [2.75, 3.05) is 14.1 Å². The molecule has 64 valence electrons. The number of hydrogen-bond acceptors (Lipinski definition) is 2. The van der Waals surface area contributed by atoms with E-state index in [1.54, 1.807) is 31.1 Å². The summed E-state index contributed by atoms with van der Waals surface area (Å²) < 4.78 is 4.85. The molecule has 0 radical (unpaired) electrons. The number of furan rings is 1. The van der Waals surface area contributed by atoms with Gasteiger partial charge < -0.3 is 9.32 Å². The predicted octanol–water partition coefficient (Wildman–Crippen LogP) is 1.01. The largest absolute Gasteiger partial charge is 0.459 e. The van der Waals surface area contributed by atoms with Crippen molar-refractivity contribution in [2.24, 2.45) is 4.99 Å². The molecular formula is C8H10N2O2. The second-order valence-corrected chi connectivity index (χ2v) is 2.49. The maximum atomic E-state index is 11.1. The molecule has 1 amide bonds. The Balaban J connectivity index is 2.62. The van der Waals surface area contributed by atoms with Crippen molar-refractivity contribution in [3.8, 4) is 0 Å². The smallest absolute Gasteiger partial charge is 0.314 e. The fourth-order valence-electron chi connectivity index (χ4n) is 0.632. The van der Waals surface area contributed by atoms with Crippen LogP contribution in [0.2, 0.25) is 0 Å².